The molecule has 5 heteroatoms. The molecule has 108 valence electrons. The van der Waals surface area contributed by atoms with Crippen LogP contribution in [0.25, 0.3) is 10.2 Å². The third-order valence-corrected chi connectivity index (χ3v) is 5.02. The first-order valence-electron chi connectivity index (χ1n) is 6.64. The van der Waals surface area contributed by atoms with E-state index in [2.05, 4.69) is 16.4 Å². The molecule has 0 saturated heterocycles. The average Bonchev–Trinajstić information content (AvgIpc) is 2.87. The van der Waals surface area contributed by atoms with Crippen LogP contribution in [0.3, 0.4) is 0 Å². The van der Waals surface area contributed by atoms with E-state index in [0.717, 1.165) is 22.5 Å². The van der Waals surface area contributed by atoms with Crippen LogP contribution >= 0.6 is 34.5 Å². The van der Waals surface area contributed by atoms with Crippen LogP contribution in [0.15, 0.2) is 42.5 Å². The molecular weight excluding hydrogens is 323 g/mol. The van der Waals surface area contributed by atoms with Crippen LogP contribution < -0.4 is 5.32 Å². The number of likely N-dealkylation sites (N-methyl/N-ethyl adjacent to an activating group) is 1. The largest absolute Gasteiger partial charge is 0.313 e. The number of halogens is 2. The minimum atomic E-state index is 0.121. The summed E-state index contributed by atoms with van der Waals surface area (Å²) in [6.07, 6.45) is 0.803. The molecule has 3 rings (SSSR count). The molecule has 0 fully saturated rings. The van der Waals surface area contributed by atoms with Gasteiger partial charge in [0.15, 0.2) is 0 Å². The lowest BCUT2D eigenvalue weighted by Crippen LogP contribution is -2.19. The molecule has 1 heterocycles. The maximum absolute atomic E-state index is 6.31. The molecule has 1 atom stereocenters. The molecule has 3 aromatic rings. The lowest BCUT2D eigenvalue weighted by molar-refractivity contribution is 0.591. The van der Waals surface area contributed by atoms with Crippen LogP contribution in [-0.2, 0) is 6.42 Å². The van der Waals surface area contributed by atoms with Gasteiger partial charge in [-0.3, -0.25) is 0 Å². The lowest BCUT2D eigenvalue weighted by atomic mass is 10.0. The van der Waals surface area contributed by atoms with Gasteiger partial charge in [-0.15, -0.1) is 11.3 Å². The van der Waals surface area contributed by atoms with Crippen molar-refractivity contribution >= 4 is 44.8 Å². The highest BCUT2D eigenvalue weighted by Gasteiger charge is 2.16. The van der Waals surface area contributed by atoms with Gasteiger partial charge in [0.1, 0.15) is 0 Å². The van der Waals surface area contributed by atoms with Crippen LogP contribution in [0.1, 0.15) is 16.6 Å². The summed E-state index contributed by atoms with van der Waals surface area (Å²) >= 11 is 14.0. The number of para-hydroxylation sites is 1. The quantitative estimate of drug-likeness (QED) is 0.716. The number of aromatic nitrogens is 1. The maximum Gasteiger partial charge on any atom is 0.0957 e. The standard InChI is InChI=1S/C16H14Cl2N2S/c1-19-14(11-7-6-10(17)8-12(11)18)9-16-20-13-4-2-3-5-15(13)21-16/h2-8,14,19H,9H2,1H3. The van der Waals surface area contributed by atoms with E-state index < -0.39 is 0 Å². The van der Waals surface area contributed by atoms with E-state index in [-0.39, 0.29) is 6.04 Å². The number of benzene rings is 2. The second kappa shape index (κ2) is 6.32. The Kier molecular flexibility index (Phi) is 4.45. The molecule has 0 aliphatic rings. The van der Waals surface area contributed by atoms with Crippen molar-refractivity contribution < 1.29 is 0 Å². The molecule has 0 radical (unpaired) electrons. The second-order valence-electron chi connectivity index (χ2n) is 4.79. The molecule has 2 nitrogen and oxygen atoms in total. The van der Waals surface area contributed by atoms with Crippen molar-refractivity contribution in [2.24, 2.45) is 0 Å². The Morgan fingerprint density at radius 1 is 1.19 bits per heavy atom. The Bertz CT molecular complexity index is 737. The minimum absolute atomic E-state index is 0.121. The Morgan fingerprint density at radius 2 is 2.00 bits per heavy atom. The van der Waals surface area contributed by atoms with Gasteiger partial charge in [0.25, 0.3) is 0 Å². The Hall–Kier alpha value is -1.13. The Balaban J connectivity index is 1.90. The molecule has 0 aliphatic heterocycles. The first-order valence-corrected chi connectivity index (χ1v) is 8.21. The molecule has 2 aromatic carbocycles. The van der Waals surface area contributed by atoms with Crippen molar-refractivity contribution in [3.8, 4) is 0 Å². The highest BCUT2D eigenvalue weighted by molar-refractivity contribution is 7.18. The molecule has 21 heavy (non-hydrogen) atoms. The zero-order valence-corrected chi connectivity index (χ0v) is 13.8. The summed E-state index contributed by atoms with van der Waals surface area (Å²) in [5.41, 5.74) is 2.09. The van der Waals surface area contributed by atoms with Crippen molar-refractivity contribution in [2.75, 3.05) is 7.05 Å². The molecule has 0 saturated carbocycles. The molecule has 0 aliphatic carbocycles. The minimum Gasteiger partial charge on any atom is -0.313 e. The zero-order chi connectivity index (χ0) is 14.8. The molecule has 0 amide bonds. The van der Waals surface area contributed by atoms with Crippen LogP contribution in [-0.4, -0.2) is 12.0 Å². The highest BCUT2D eigenvalue weighted by Crippen LogP contribution is 2.30. The van der Waals surface area contributed by atoms with Gasteiger partial charge in [0.05, 0.1) is 15.2 Å². The van der Waals surface area contributed by atoms with Gasteiger partial charge >= 0.3 is 0 Å². The van der Waals surface area contributed by atoms with Crippen molar-refractivity contribution in [1.82, 2.24) is 10.3 Å². The van der Waals surface area contributed by atoms with E-state index >= 15 is 0 Å². The smallest absolute Gasteiger partial charge is 0.0957 e. The fourth-order valence-electron chi connectivity index (χ4n) is 2.33. The molecule has 0 spiro atoms. The van der Waals surface area contributed by atoms with Gasteiger partial charge in [-0.2, -0.15) is 0 Å². The highest BCUT2D eigenvalue weighted by atomic mass is 35.5. The molecule has 0 bridgehead atoms. The van der Waals surface area contributed by atoms with Crippen molar-refractivity contribution in [3.05, 3.63) is 63.1 Å². The zero-order valence-electron chi connectivity index (χ0n) is 11.4. The summed E-state index contributed by atoms with van der Waals surface area (Å²) in [5.74, 6) is 0. The average molecular weight is 337 g/mol. The SMILES string of the molecule is CNC(Cc1nc2ccccc2s1)c1ccc(Cl)cc1Cl. The van der Waals surface area contributed by atoms with Crippen molar-refractivity contribution in [1.29, 1.82) is 0 Å². The molecular formula is C16H14Cl2N2S. The number of nitrogens with one attached hydrogen (secondary N) is 1. The van der Waals surface area contributed by atoms with Gasteiger partial charge in [-0.25, -0.2) is 4.98 Å². The number of thiazole rings is 1. The normalized spacial score (nSPS) is 12.7. The van der Waals surface area contributed by atoms with E-state index in [4.69, 9.17) is 23.2 Å². The summed E-state index contributed by atoms with van der Waals surface area (Å²) < 4.78 is 1.21. The second-order valence-corrected chi connectivity index (χ2v) is 6.75. The van der Waals surface area contributed by atoms with Gasteiger partial charge < -0.3 is 5.32 Å². The summed E-state index contributed by atoms with van der Waals surface area (Å²) in [6, 6.07) is 13.9. The van der Waals surface area contributed by atoms with Crippen LogP contribution in [0.4, 0.5) is 0 Å². The van der Waals surface area contributed by atoms with E-state index in [1.54, 1.807) is 17.4 Å². The first kappa shape index (κ1) is 14.8. The number of nitrogens with zero attached hydrogens (tertiary/aromatic N) is 1. The molecule has 1 unspecified atom stereocenters. The predicted octanol–water partition coefficient (Wildman–Crippen LogP) is 5.11. The third kappa shape index (κ3) is 3.22. The summed E-state index contributed by atoms with van der Waals surface area (Å²) in [6.45, 7) is 0. The van der Waals surface area contributed by atoms with Crippen LogP contribution in [0, 0.1) is 0 Å². The van der Waals surface area contributed by atoms with Gasteiger partial charge in [-0.05, 0) is 36.9 Å². The number of rotatable bonds is 4. The fourth-order valence-corrected chi connectivity index (χ4v) is 3.89. The van der Waals surface area contributed by atoms with Gasteiger partial charge in [0.2, 0.25) is 0 Å². The lowest BCUT2D eigenvalue weighted by Gasteiger charge is -2.17. The van der Waals surface area contributed by atoms with E-state index in [9.17, 15) is 0 Å². The Morgan fingerprint density at radius 3 is 2.71 bits per heavy atom. The van der Waals surface area contributed by atoms with Gasteiger partial charge in [0, 0.05) is 22.5 Å². The third-order valence-electron chi connectivity index (χ3n) is 3.40. The summed E-state index contributed by atoms with van der Waals surface area (Å²) in [5, 5.41) is 5.74. The van der Waals surface area contributed by atoms with Crippen molar-refractivity contribution in [3.63, 3.8) is 0 Å². The first-order chi connectivity index (χ1) is 10.2. The maximum atomic E-state index is 6.31. The number of hydrogen-bond donors (Lipinski definition) is 1. The number of hydrogen-bond acceptors (Lipinski definition) is 3. The van der Waals surface area contributed by atoms with Crippen molar-refractivity contribution in [2.45, 2.75) is 12.5 Å². The van der Waals surface area contributed by atoms with E-state index in [1.807, 2.05) is 37.4 Å². The summed E-state index contributed by atoms with van der Waals surface area (Å²) in [7, 11) is 1.93. The molecule has 1 N–H and O–H groups in total. The monoisotopic (exact) mass is 336 g/mol. The van der Waals surface area contributed by atoms with Crippen LogP contribution in [0.5, 0.6) is 0 Å². The van der Waals surface area contributed by atoms with Gasteiger partial charge in [-0.1, -0.05) is 41.4 Å². The fraction of sp³-hybridized carbons (Fsp3) is 0.188. The van der Waals surface area contributed by atoms with E-state index in [0.29, 0.717) is 10.0 Å². The van der Waals surface area contributed by atoms with Crippen LogP contribution in [0.2, 0.25) is 10.0 Å². The topological polar surface area (TPSA) is 24.9 Å². The molecule has 1 aromatic heterocycles. The van der Waals surface area contributed by atoms with E-state index in [1.165, 1.54) is 4.70 Å². The predicted molar refractivity (Wildman–Crippen MR) is 91.6 cm³/mol. The summed E-state index contributed by atoms with van der Waals surface area (Å²) in [4.78, 5) is 4.68. The Labute approximate surface area is 137 Å². The number of fused-ring (bicyclic) bond motifs is 1.